The van der Waals surface area contributed by atoms with Crippen molar-refractivity contribution in [1.82, 2.24) is 5.32 Å². The van der Waals surface area contributed by atoms with Gasteiger partial charge in [0.1, 0.15) is 5.58 Å². The Labute approximate surface area is 176 Å². The summed E-state index contributed by atoms with van der Waals surface area (Å²) < 4.78 is 18.0. The van der Waals surface area contributed by atoms with Crippen LogP contribution in [-0.4, -0.2) is 29.5 Å². The molecule has 1 fully saturated rings. The SMILES string of the molecule is CC1(C)OB(Cc2coc3ccc(-c4cccc(CNC(=O)O)c4)cc23)OC1(C)C. The molecule has 1 aromatic heterocycles. The van der Waals surface area contributed by atoms with Crippen LogP contribution in [0.5, 0.6) is 0 Å². The van der Waals surface area contributed by atoms with Crippen LogP contribution in [0.15, 0.2) is 53.1 Å². The van der Waals surface area contributed by atoms with E-state index in [4.69, 9.17) is 18.8 Å². The van der Waals surface area contributed by atoms with Gasteiger partial charge < -0.3 is 24.1 Å². The van der Waals surface area contributed by atoms with Crippen LogP contribution in [0, 0.1) is 0 Å². The monoisotopic (exact) mass is 407 g/mol. The minimum atomic E-state index is -1.03. The molecule has 3 aromatic rings. The van der Waals surface area contributed by atoms with Gasteiger partial charge in [-0.1, -0.05) is 24.3 Å². The van der Waals surface area contributed by atoms with Crippen LogP contribution in [0.4, 0.5) is 4.79 Å². The van der Waals surface area contributed by atoms with Crippen molar-refractivity contribution in [3.05, 3.63) is 59.9 Å². The second-order valence-electron chi connectivity index (χ2n) is 8.72. The summed E-state index contributed by atoms with van der Waals surface area (Å²) in [6.07, 6.45) is 1.34. The lowest BCUT2D eigenvalue weighted by Gasteiger charge is -2.32. The molecule has 0 atom stereocenters. The van der Waals surface area contributed by atoms with E-state index in [9.17, 15) is 4.79 Å². The van der Waals surface area contributed by atoms with E-state index in [1.54, 1.807) is 6.26 Å². The van der Waals surface area contributed by atoms with E-state index in [-0.39, 0.29) is 24.9 Å². The topological polar surface area (TPSA) is 80.9 Å². The number of fused-ring (bicyclic) bond motifs is 1. The van der Waals surface area contributed by atoms with Crippen LogP contribution in [0.25, 0.3) is 22.1 Å². The van der Waals surface area contributed by atoms with Crippen LogP contribution < -0.4 is 5.32 Å². The zero-order chi connectivity index (χ0) is 21.5. The summed E-state index contributed by atoms with van der Waals surface area (Å²) in [6.45, 7) is 8.45. The lowest BCUT2D eigenvalue weighted by Crippen LogP contribution is -2.41. The maximum atomic E-state index is 10.8. The number of carbonyl (C=O) groups is 1. The van der Waals surface area contributed by atoms with E-state index in [0.717, 1.165) is 33.2 Å². The first-order valence-electron chi connectivity index (χ1n) is 10.1. The van der Waals surface area contributed by atoms with Crippen molar-refractivity contribution >= 4 is 24.2 Å². The molecule has 0 unspecified atom stereocenters. The molecule has 1 aliphatic heterocycles. The maximum absolute atomic E-state index is 10.8. The highest BCUT2D eigenvalue weighted by molar-refractivity contribution is 6.45. The lowest BCUT2D eigenvalue weighted by atomic mass is 9.80. The van der Waals surface area contributed by atoms with Crippen molar-refractivity contribution in [2.24, 2.45) is 0 Å². The molecule has 0 saturated carbocycles. The molecule has 2 aromatic carbocycles. The van der Waals surface area contributed by atoms with Crippen molar-refractivity contribution in [2.45, 2.75) is 51.8 Å². The van der Waals surface area contributed by atoms with E-state index < -0.39 is 6.09 Å². The molecule has 1 saturated heterocycles. The Morgan fingerprint density at radius 2 is 1.73 bits per heavy atom. The molecule has 4 rings (SSSR count). The van der Waals surface area contributed by atoms with E-state index >= 15 is 0 Å². The fourth-order valence-corrected chi connectivity index (χ4v) is 3.69. The maximum Gasteiger partial charge on any atom is 0.462 e. The van der Waals surface area contributed by atoms with E-state index in [2.05, 4.69) is 11.4 Å². The third-order valence-corrected chi connectivity index (χ3v) is 6.05. The number of amides is 1. The molecule has 0 spiro atoms. The van der Waals surface area contributed by atoms with Crippen molar-refractivity contribution < 1.29 is 23.6 Å². The Kier molecular flexibility index (Phi) is 5.12. The minimum absolute atomic E-state index is 0.268. The summed E-state index contributed by atoms with van der Waals surface area (Å²) in [5.74, 6) is 0. The molecule has 2 heterocycles. The zero-order valence-corrected chi connectivity index (χ0v) is 17.7. The molecule has 156 valence electrons. The first-order valence-corrected chi connectivity index (χ1v) is 10.1. The number of benzene rings is 2. The summed E-state index contributed by atoms with van der Waals surface area (Å²) >= 11 is 0. The quantitative estimate of drug-likeness (QED) is 0.579. The van der Waals surface area contributed by atoms with Gasteiger partial charge in [-0.3, -0.25) is 0 Å². The van der Waals surface area contributed by atoms with Gasteiger partial charge in [0.2, 0.25) is 0 Å². The second kappa shape index (κ2) is 7.49. The average molecular weight is 407 g/mol. The molecule has 7 heteroatoms. The number of furan rings is 1. The highest BCUT2D eigenvalue weighted by Gasteiger charge is 2.50. The highest BCUT2D eigenvalue weighted by atomic mass is 16.7. The van der Waals surface area contributed by atoms with Gasteiger partial charge in [0.15, 0.2) is 0 Å². The predicted molar refractivity (Wildman–Crippen MR) is 116 cm³/mol. The Bertz CT molecular complexity index is 1070. The Morgan fingerprint density at radius 3 is 2.43 bits per heavy atom. The molecule has 1 amide bonds. The average Bonchev–Trinajstić information content (AvgIpc) is 3.16. The fraction of sp³-hybridized carbons (Fsp3) is 0.348. The largest absolute Gasteiger partial charge is 0.465 e. The van der Waals surface area contributed by atoms with Crippen LogP contribution in [0.1, 0.15) is 38.8 Å². The van der Waals surface area contributed by atoms with E-state index in [1.807, 2.05) is 64.1 Å². The first kappa shape index (κ1) is 20.5. The molecular weight excluding hydrogens is 381 g/mol. The Hall–Kier alpha value is -2.77. The van der Waals surface area contributed by atoms with Crippen molar-refractivity contribution in [3.63, 3.8) is 0 Å². The van der Waals surface area contributed by atoms with Crippen LogP contribution in [0.2, 0.25) is 0 Å². The van der Waals surface area contributed by atoms with Gasteiger partial charge in [-0.25, -0.2) is 4.79 Å². The summed E-state index contributed by atoms with van der Waals surface area (Å²) in [4.78, 5) is 10.8. The number of hydrogen-bond acceptors (Lipinski definition) is 4. The fourth-order valence-electron chi connectivity index (χ4n) is 3.69. The number of nitrogens with one attached hydrogen (secondary N) is 1. The molecule has 0 aliphatic carbocycles. The predicted octanol–water partition coefficient (Wildman–Crippen LogP) is 5.04. The van der Waals surface area contributed by atoms with Gasteiger partial charge in [-0.15, -0.1) is 0 Å². The van der Waals surface area contributed by atoms with Crippen LogP contribution >= 0.6 is 0 Å². The second-order valence-corrected chi connectivity index (χ2v) is 8.72. The van der Waals surface area contributed by atoms with Gasteiger partial charge >= 0.3 is 13.2 Å². The molecule has 6 nitrogen and oxygen atoms in total. The van der Waals surface area contributed by atoms with Crippen molar-refractivity contribution in [3.8, 4) is 11.1 Å². The van der Waals surface area contributed by atoms with Gasteiger partial charge in [0.05, 0.1) is 17.5 Å². The third-order valence-electron chi connectivity index (χ3n) is 6.05. The summed E-state index contributed by atoms with van der Waals surface area (Å²) in [7, 11) is -0.329. The zero-order valence-electron chi connectivity index (χ0n) is 17.7. The molecule has 1 aliphatic rings. The number of rotatable bonds is 5. The van der Waals surface area contributed by atoms with Gasteiger partial charge in [-0.2, -0.15) is 0 Å². The van der Waals surface area contributed by atoms with Crippen LogP contribution in [0.3, 0.4) is 0 Å². The molecular formula is C23H26BNO5. The number of carboxylic acid groups (broad SMARTS) is 1. The van der Waals surface area contributed by atoms with Crippen LogP contribution in [-0.2, 0) is 22.2 Å². The molecule has 2 N–H and O–H groups in total. The standard InChI is InChI=1S/C23H26BNO5/c1-22(2)23(3,4)30-24(29-22)12-18-14-28-20-9-8-17(11-19(18)20)16-7-5-6-15(10-16)13-25-21(26)27/h5-11,14,25H,12-13H2,1-4H3,(H,26,27). The van der Waals surface area contributed by atoms with Gasteiger partial charge in [-0.05, 0) is 68.1 Å². The highest BCUT2D eigenvalue weighted by Crippen LogP contribution is 2.38. The molecule has 0 radical (unpaired) electrons. The number of hydrogen-bond donors (Lipinski definition) is 2. The molecule has 30 heavy (non-hydrogen) atoms. The summed E-state index contributed by atoms with van der Waals surface area (Å²) in [5.41, 5.74) is 4.07. The summed E-state index contributed by atoms with van der Waals surface area (Å²) in [6, 6.07) is 13.9. The third kappa shape index (κ3) is 3.95. The van der Waals surface area contributed by atoms with E-state index in [1.165, 1.54) is 0 Å². The van der Waals surface area contributed by atoms with Crippen molar-refractivity contribution in [1.29, 1.82) is 0 Å². The minimum Gasteiger partial charge on any atom is -0.465 e. The summed E-state index contributed by atoms with van der Waals surface area (Å²) in [5, 5.41) is 12.3. The van der Waals surface area contributed by atoms with Crippen molar-refractivity contribution in [2.75, 3.05) is 0 Å². The Morgan fingerprint density at radius 1 is 1.03 bits per heavy atom. The normalized spacial score (nSPS) is 17.4. The lowest BCUT2D eigenvalue weighted by molar-refractivity contribution is 0.00578. The Balaban J connectivity index is 1.60. The smallest absolute Gasteiger partial charge is 0.462 e. The van der Waals surface area contributed by atoms with Gasteiger partial charge in [0.25, 0.3) is 0 Å². The molecule has 0 bridgehead atoms. The first-order chi connectivity index (χ1) is 14.1. The van der Waals surface area contributed by atoms with Gasteiger partial charge in [0, 0.05) is 18.3 Å². The van der Waals surface area contributed by atoms with E-state index in [0.29, 0.717) is 6.32 Å².